The quantitative estimate of drug-likeness (QED) is 0.798. The highest BCUT2D eigenvalue weighted by Gasteiger charge is 2.47. The van der Waals surface area contributed by atoms with Crippen molar-refractivity contribution >= 4 is 5.91 Å². The molecule has 0 aliphatic carbocycles. The van der Waals surface area contributed by atoms with E-state index in [-0.39, 0.29) is 12.0 Å². The van der Waals surface area contributed by atoms with Crippen LogP contribution in [0.4, 0.5) is 0 Å². The Morgan fingerprint density at radius 3 is 2.54 bits per heavy atom. The van der Waals surface area contributed by atoms with E-state index in [0.717, 1.165) is 38.2 Å². The number of likely N-dealkylation sites (tertiary alicyclic amines) is 2. The molecule has 2 fully saturated rings. The molecule has 148 valence electrons. The van der Waals surface area contributed by atoms with E-state index in [2.05, 4.69) is 28.7 Å². The molecule has 28 heavy (non-hydrogen) atoms. The van der Waals surface area contributed by atoms with Gasteiger partial charge in [-0.2, -0.15) is 0 Å². The highest BCUT2D eigenvalue weighted by molar-refractivity contribution is 5.92. The predicted octanol–water partition coefficient (Wildman–Crippen LogP) is 2.87. The van der Waals surface area contributed by atoms with Crippen molar-refractivity contribution in [3.05, 3.63) is 54.6 Å². The molecule has 0 bridgehead atoms. The Kier molecular flexibility index (Phi) is 5.57. The van der Waals surface area contributed by atoms with E-state index in [1.807, 2.05) is 35.2 Å². The number of carbonyl (C=O) groups is 1. The molecule has 3 heterocycles. The first-order chi connectivity index (χ1) is 13.6. The Morgan fingerprint density at radius 2 is 1.89 bits per heavy atom. The van der Waals surface area contributed by atoms with Crippen LogP contribution in [0.15, 0.2) is 48.9 Å². The second-order valence-electron chi connectivity index (χ2n) is 7.97. The molecule has 2 aliphatic rings. The molecule has 2 aromatic rings. The van der Waals surface area contributed by atoms with E-state index >= 15 is 0 Å². The Morgan fingerprint density at radius 1 is 1.14 bits per heavy atom. The summed E-state index contributed by atoms with van der Waals surface area (Å²) >= 11 is 0. The molecule has 2 saturated heterocycles. The van der Waals surface area contributed by atoms with Crippen LogP contribution in [0.3, 0.4) is 0 Å². The van der Waals surface area contributed by atoms with Crippen molar-refractivity contribution in [3.8, 4) is 5.75 Å². The largest absolute Gasteiger partial charge is 0.487 e. The molecule has 2 aliphatic heterocycles. The SMILES string of the molecule is CC(C)N1CC(Oc2ccccc2)C1C1CCN(C(=O)c2cnccn2)CC1. The van der Waals surface area contributed by atoms with Gasteiger partial charge in [-0.25, -0.2) is 4.98 Å². The number of carbonyl (C=O) groups excluding carboxylic acids is 1. The summed E-state index contributed by atoms with van der Waals surface area (Å²) in [6.07, 6.45) is 6.91. The summed E-state index contributed by atoms with van der Waals surface area (Å²) in [5.74, 6) is 1.46. The molecule has 4 rings (SSSR count). The first kappa shape index (κ1) is 18.9. The maximum Gasteiger partial charge on any atom is 0.274 e. The molecule has 0 saturated carbocycles. The van der Waals surface area contributed by atoms with Gasteiger partial charge in [0.25, 0.3) is 5.91 Å². The smallest absolute Gasteiger partial charge is 0.274 e. The first-order valence-electron chi connectivity index (χ1n) is 10.2. The third-order valence-corrected chi connectivity index (χ3v) is 5.94. The van der Waals surface area contributed by atoms with Crippen LogP contribution in [0.1, 0.15) is 37.2 Å². The molecule has 2 unspecified atom stereocenters. The average Bonchev–Trinajstić information content (AvgIpc) is 2.72. The molecule has 6 nitrogen and oxygen atoms in total. The zero-order valence-corrected chi connectivity index (χ0v) is 16.6. The fourth-order valence-electron chi connectivity index (χ4n) is 4.44. The van der Waals surface area contributed by atoms with Crippen LogP contribution in [-0.4, -0.2) is 63.5 Å². The van der Waals surface area contributed by atoms with Crippen LogP contribution >= 0.6 is 0 Å². The molecule has 1 amide bonds. The van der Waals surface area contributed by atoms with E-state index in [1.165, 1.54) is 0 Å². The van der Waals surface area contributed by atoms with Gasteiger partial charge in [-0.05, 0) is 44.7 Å². The minimum atomic E-state index is -0.0158. The maximum atomic E-state index is 12.6. The molecule has 1 aromatic carbocycles. The third kappa shape index (κ3) is 3.87. The number of amides is 1. The summed E-state index contributed by atoms with van der Waals surface area (Å²) in [4.78, 5) is 25.2. The lowest BCUT2D eigenvalue weighted by Gasteiger charge is -2.54. The topological polar surface area (TPSA) is 58.6 Å². The molecule has 0 spiro atoms. The molecule has 0 radical (unpaired) electrons. The van der Waals surface area contributed by atoms with Gasteiger partial charge in [0.2, 0.25) is 0 Å². The lowest BCUT2D eigenvalue weighted by atomic mass is 9.79. The number of ether oxygens (including phenoxy) is 1. The van der Waals surface area contributed by atoms with E-state index < -0.39 is 0 Å². The number of aromatic nitrogens is 2. The third-order valence-electron chi connectivity index (χ3n) is 5.94. The molecule has 0 N–H and O–H groups in total. The van der Waals surface area contributed by atoms with Crippen LogP contribution in [0, 0.1) is 5.92 Å². The van der Waals surface area contributed by atoms with E-state index in [9.17, 15) is 4.79 Å². The van der Waals surface area contributed by atoms with Crippen LogP contribution in [0.5, 0.6) is 5.75 Å². The van der Waals surface area contributed by atoms with Gasteiger partial charge < -0.3 is 9.64 Å². The summed E-state index contributed by atoms with van der Waals surface area (Å²) in [5, 5.41) is 0. The highest BCUT2D eigenvalue weighted by Crippen LogP contribution is 2.36. The van der Waals surface area contributed by atoms with Gasteiger partial charge in [0.15, 0.2) is 0 Å². The fourth-order valence-corrected chi connectivity index (χ4v) is 4.44. The lowest BCUT2D eigenvalue weighted by Crippen LogP contribution is -2.68. The second kappa shape index (κ2) is 8.27. The molecule has 2 atom stereocenters. The minimum Gasteiger partial charge on any atom is -0.487 e. The Bertz CT molecular complexity index is 776. The molecular weight excluding hydrogens is 352 g/mol. The lowest BCUT2D eigenvalue weighted by molar-refractivity contribution is -0.0983. The Balaban J connectivity index is 1.39. The average molecular weight is 380 g/mol. The normalized spacial score (nSPS) is 23.5. The first-order valence-corrected chi connectivity index (χ1v) is 10.2. The summed E-state index contributed by atoms with van der Waals surface area (Å²) in [6, 6.07) is 11.0. The van der Waals surface area contributed by atoms with Crippen LogP contribution in [0.2, 0.25) is 0 Å². The van der Waals surface area contributed by atoms with Crippen molar-refractivity contribution in [2.24, 2.45) is 5.92 Å². The van der Waals surface area contributed by atoms with E-state index in [4.69, 9.17) is 4.74 Å². The standard InChI is InChI=1S/C22H28N4O2/c1-16(2)26-15-20(28-18-6-4-3-5-7-18)21(26)17-8-12-25(13-9-17)22(27)19-14-23-10-11-24-19/h3-7,10-11,14,16-17,20-21H,8-9,12-13,15H2,1-2H3. The molecule has 6 heteroatoms. The van der Waals surface area contributed by atoms with Gasteiger partial charge >= 0.3 is 0 Å². The van der Waals surface area contributed by atoms with Gasteiger partial charge in [0.05, 0.1) is 12.2 Å². The maximum absolute atomic E-state index is 12.6. The molecule has 1 aromatic heterocycles. The zero-order valence-electron chi connectivity index (χ0n) is 16.6. The van der Waals surface area contributed by atoms with Crippen molar-refractivity contribution < 1.29 is 9.53 Å². The van der Waals surface area contributed by atoms with Crippen molar-refractivity contribution in [2.45, 2.75) is 44.9 Å². The molecular formula is C22H28N4O2. The number of piperidine rings is 1. The summed E-state index contributed by atoms with van der Waals surface area (Å²) in [5.41, 5.74) is 0.429. The number of para-hydroxylation sites is 1. The van der Waals surface area contributed by atoms with Gasteiger partial charge in [0, 0.05) is 38.1 Å². The zero-order chi connectivity index (χ0) is 19.5. The highest BCUT2D eigenvalue weighted by atomic mass is 16.5. The van der Waals surface area contributed by atoms with Gasteiger partial charge in [-0.15, -0.1) is 0 Å². The number of nitrogens with zero attached hydrogens (tertiary/aromatic N) is 4. The fraction of sp³-hybridized carbons (Fsp3) is 0.500. The van der Waals surface area contributed by atoms with Crippen molar-refractivity contribution in [2.75, 3.05) is 19.6 Å². The Labute approximate surface area is 166 Å². The van der Waals surface area contributed by atoms with E-state index in [1.54, 1.807) is 18.6 Å². The van der Waals surface area contributed by atoms with E-state index in [0.29, 0.717) is 23.7 Å². The monoisotopic (exact) mass is 380 g/mol. The van der Waals surface area contributed by atoms with Gasteiger partial charge in [0.1, 0.15) is 17.5 Å². The number of rotatable bonds is 5. The number of benzene rings is 1. The van der Waals surface area contributed by atoms with Crippen LogP contribution < -0.4 is 4.74 Å². The second-order valence-corrected chi connectivity index (χ2v) is 7.97. The van der Waals surface area contributed by atoms with Gasteiger partial charge in [-0.1, -0.05) is 18.2 Å². The van der Waals surface area contributed by atoms with Crippen LogP contribution in [0.25, 0.3) is 0 Å². The summed E-state index contributed by atoms with van der Waals surface area (Å²) in [7, 11) is 0. The minimum absolute atomic E-state index is 0.0158. The Hall–Kier alpha value is -2.47. The van der Waals surface area contributed by atoms with Crippen molar-refractivity contribution in [3.63, 3.8) is 0 Å². The predicted molar refractivity (Wildman–Crippen MR) is 107 cm³/mol. The van der Waals surface area contributed by atoms with Crippen molar-refractivity contribution in [1.82, 2.24) is 19.8 Å². The van der Waals surface area contributed by atoms with Gasteiger partial charge in [-0.3, -0.25) is 14.7 Å². The van der Waals surface area contributed by atoms with Crippen molar-refractivity contribution in [1.29, 1.82) is 0 Å². The van der Waals surface area contributed by atoms with Crippen LogP contribution in [-0.2, 0) is 0 Å². The number of hydrogen-bond acceptors (Lipinski definition) is 5. The number of hydrogen-bond donors (Lipinski definition) is 0. The summed E-state index contributed by atoms with van der Waals surface area (Å²) in [6.45, 7) is 6.99. The summed E-state index contributed by atoms with van der Waals surface area (Å²) < 4.78 is 6.30.